The first-order valence-corrected chi connectivity index (χ1v) is 7.37. The van der Waals surface area contributed by atoms with Crippen LogP contribution in [-0.4, -0.2) is 46.8 Å². The maximum Gasteiger partial charge on any atom is 0.326 e. The van der Waals surface area contributed by atoms with E-state index in [0.717, 1.165) is 11.3 Å². The Balaban J connectivity index is 2.20. The monoisotopic (exact) mass is 318 g/mol. The second-order valence-corrected chi connectivity index (χ2v) is 5.44. The molecule has 7 heteroatoms. The Morgan fingerprint density at radius 2 is 1.87 bits per heavy atom. The number of nitrogens with zero attached hydrogens (tertiary/aromatic N) is 1. The number of benzene rings is 1. The van der Waals surface area contributed by atoms with E-state index < -0.39 is 29.7 Å². The fourth-order valence-corrected chi connectivity index (χ4v) is 2.41. The molecule has 2 N–H and O–H groups in total. The number of carboxylic acids is 1. The van der Waals surface area contributed by atoms with Crippen molar-refractivity contribution in [3.05, 3.63) is 34.9 Å². The lowest BCUT2D eigenvalue weighted by atomic mass is 10.0. The zero-order chi connectivity index (χ0) is 17.1. The molecular formula is C16H18N2O5. The van der Waals surface area contributed by atoms with Gasteiger partial charge in [0.05, 0.1) is 11.1 Å². The molecular weight excluding hydrogens is 300 g/mol. The van der Waals surface area contributed by atoms with E-state index in [9.17, 15) is 19.2 Å². The Hall–Kier alpha value is -2.70. The van der Waals surface area contributed by atoms with E-state index in [2.05, 4.69) is 5.32 Å². The molecule has 0 aliphatic carbocycles. The van der Waals surface area contributed by atoms with Gasteiger partial charge in [-0.25, -0.2) is 4.79 Å². The molecule has 0 aromatic heterocycles. The van der Waals surface area contributed by atoms with Crippen LogP contribution in [0.5, 0.6) is 0 Å². The second kappa shape index (κ2) is 6.60. The molecule has 7 nitrogen and oxygen atoms in total. The van der Waals surface area contributed by atoms with Gasteiger partial charge in [-0.05, 0) is 24.6 Å². The summed E-state index contributed by atoms with van der Waals surface area (Å²) < 4.78 is 0. The summed E-state index contributed by atoms with van der Waals surface area (Å²) in [6.45, 7) is 1.93. The average Bonchev–Trinajstić information content (AvgIpc) is 2.75. The van der Waals surface area contributed by atoms with Gasteiger partial charge >= 0.3 is 5.97 Å². The SMILES string of the molecule is CCCC[C@H](NC(=O)c1ccc2c(c1)C(=O)N(C)C2=O)C(=O)O. The van der Waals surface area contributed by atoms with Crippen molar-refractivity contribution in [2.75, 3.05) is 7.05 Å². The van der Waals surface area contributed by atoms with Crippen LogP contribution in [0.25, 0.3) is 0 Å². The number of carboxylic acid groups (broad SMARTS) is 1. The molecule has 0 spiro atoms. The number of carbonyl (C=O) groups is 4. The van der Waals surface area contributed by atoms with E-state index in [1.807, 2.05) is 6.92 Å². The summed E-state index contributed by atoms with van der Waals surface area (Å²) in [5.74, 6) is -2.56. The molecule has 1 aromatic rings. The van der Waals surface area contributed by atoms with Crippen LogP contribution in [0.15, 0.2) is 18.2 Å². The summed E-state index contributed by atoms with van der Waals surface area (Å²) in [5.41, 5.74) is 0.559. The summed E-state index contributed by atoms with van der Waals surface area (Å²) in [4.78, 5) is 48.1. The topological polar surface area (TPSA) is 104 Å². The van der Waals surface area contributed by atoms with Crippen molar-refractivity contribution in [1.82, 2.24) is 10.2 Å². The zero-order valence-electron chi connectivity index (χ0n) is 13.0. The molecule has 1 atom stereocenters. The Bertz CT molecular complexity index is 683. The van der Waals surface area contributed by atoms with Crippen LogP contribution in [0.1, 0.15) is 57.3 Å². The van der Waals surface area contributed by atoms with Crippen molar-refractivity contribution in [3.63, 3.8) is 0 Å². The van der Waals surface area contributed by atoms with E-state index >= 15 is 0 Å². The molecule has 1 aliphatic rings. The van der Waals surface area contributed by atoms with Gasteiger partial charge in [0.1, 0.15) is 6.04 Å². The minimum absolute atomic E-state index is 0.156. The van der Waals surface area contributed by atoms with E-state index in [4.69, 9.17) is 5.11 Å². The van der Waals surface area contributed by atoms with Crippen LogP contribution in [0.3, 0.4) is 0 Å². The first-order valence-electron chi connectivity index (χ1n) is 7.37. The standard InChI is InChI=1S/C16H18N2O5/c1-3-4-5-12(16(22)23)17-13(19)9-6-7-10-11(8-9)15(21)18(2)14(10)20/h6-8,12H,3-5H2,1-2H3,(H,17,19)(H,22,23)/t12-/m0/s1. The van der Waals surface area contributed by atoms with Gasteiger partial charge in [-0.3, -0.25) is 19.3 Å². The molecule has 122 valence electrons. The van der Waals surface area contributed by atoms with Gasteiger partial charge in [0.25, 0.3) is 17.7 Å². The highest BCUT2D eigenvalue weighted by atomic mass is 16.4. The smallest absolute Gasteiger partial charge is 0.326 e. The quantitative estimate of drug-likeness (QED) is 0.769. The lowest BCUT2D eigenvalue weighted by Crippen LogP contribution is -2.40. The van der Waals surface area contributed by atoms with Gasteiger partial charge < -0.3 is 10.4 Å². The number of aliphatic carboxylic acids is 1. The molecule has 0 unspecified atom stereocenters. The fourth-order valence-electron chi connectivity index (χ4n) is 2.41. The fraction of sp³-hybridized carbons (Fsp3) is 0.375. The Morgan fingerprint density at radius 1 is 1.22 bits per heavy atom. The van der Waals surface area contributed by atoms with Crippen LogP contribution in [-0.2, 0) is 4.79 Å². The lowest BCUT2D eigenvalue weighted by molar-refractivity contribution is -0.139. The molecule has 0 saturated carbocycles. The van der Waals surface area contributed by atoms with Gasteiger partial charge in [-0.1, -0.05) is 19.8 Å². The van der Waals surface area contributed by atoms with Crippen molar-refractivity contribution in [2.24, 2.45) is 0 Å². The molecule has 1 heterocycles. The van der Waals surface area contributed by atoms with Crippen molar-refractivity contribution in [3.8, 4) is 0 Å². The van der Waals surface area contributed by atoms with Crippen LogP contribution in [0.2, 0.25) is 0 Å². The van der Waals surface area contributed by atoms with Gasteiger partial charge in [0.2, 0.25) is 0 Å². The number of unbranched alkanes of at least 4 members (excludes halogenated alkanes) is 1. The summed E-state index contributed by atoms with van der Waals surface area (Å²) in [6, 6.07) is 3.18. The van der Waals surface area contributed by atoms with Gasteiger partial charge in [0.15, 0.2) is 0 Å². The maximum atomic E-state index is 12.2. The Kier molecular flexibility index (Phi) is 4.78. The van der Waals surface area contributed by atoms with Crippen LogP contribution >= 0.6 is 0 Å². The highest BCUT2D eigenvalue weighted by molar-refractivity contribution is 6.21. The number of hydrogen-bond donors (Lipinski definition) is 2. The van der Waals surface area contributed by atoms with Crippen molar-refractivity contribution < 1.29 is 24.3 Å². The highest BCUT2D eigenvalue weighted by Crippen LogP contribution is 2.22. The van der Waals surface area contributed by atoms with E-state index in [1.54, 1.807) is 0 Å². The average molecular weight is 318 g/mol. The second-order valence-electron chi connectivity index (χ2n) is 5.44. The number of rotatable bonds is 6. The summed E-state index contributed by atoms with van der Waals surface area (Å²) >= 11 is 0. The minimum Gasteiger partial charge on any atom is -0.480 e. The Labute approximate surface area is 133 Å². The molecule has 0 fully saturated rings. The van der Waals surface area contributed by atoms with E-state index in [-0.39, 0.29) is 16.7 Å². The van der Waals surface area contributed by atoms with Crippen molar-refractivity contribution in [2.45, 2.75) is 32.2 Å². The summed E-state index contributed by atoms with van der Waals surface area (Å²) in [5, 5.41) is 11.6. The van der Waals surface area contributed by atoms with Crippen LogP contribution < -0.4 is 5.32 Å². The number of amides is 3. The molecule has 0 radical (unpaired) electrons. The Morgan fingerprint density at radius 3 is 2.48 bits per heavy atom. The molecule has 23 heavy (non-hydrogen) atoms. The lowest BCUT2D eigenvalue weighted by Gasteiger charge is -2.14. The van der Waals surface area contributed by atoms with Gasteiger partial charge in [-0.15, -0.1) is 0 Å². The largest absolute Gasteiger partial charge is 0.480 e. The third-order valence-electron chi connectivity index (χ3n) is 3.80. The summed E-state index contributed by atoms with van der Waals surface area (Å²) in [6.07, 6.45) is 1.84. The number of imide groups is 1. The number of hydrogen-bond acceptors (Lipinski definition) is 4. The highest BCUT2D eigenvalue weighted by Gasteiger charge is 2.33. The summed E-state index contributed by atoms with van der Waals surface area (Å²) in [7, 11) is 1.37. The number of carbonyl (C=O) groups excluding carboxylic acids is 3. The van der Waals surface area contributed by atoms with Gasteiger partial charge in [-0.2, -0.15) is 0 Å². The molecule has 1 aliphatic heterocycles. The molecule has 0 saturated heterocycles. The minimum atomic E-state index is -1.10. The van der Waals surface area contributed by atoms with Crippen molar-refractivity contribution >= 4 is 23.7 Å². The normalized spacial score (nSPS) is 14.6. The van der Waals surface area contributed by atoms with E-state index in [0.29, 0.717) is 12.8 Å². The van der Waals surface area contributed by atoms with Crippen LogP contribution in [0.4, 0.5) is 0 Å². The van der Waals surface area contributed by atoms with Gasteiger partial charge in [0, 0.05) is 12.6 Å². The first kappa shape index (κ1) is 16.7. The van der Waals surface area contributed by atoms with Crippen molar-refractivity contribution in [1.29, 1.82) is 0 Å². The zero-order valence-corrected chi connectivity index (χ0v) is 13.0. The molecule has 3 amide bonds. The number of fused-ring (bicyclic) bond motifs is 1. The predicted molar refractivity (Wildman–Crippen MR) is 81.3 cm³/mol. The third kappa shape index (κ3) is 3.23. The molecule has 1 aromatic carbocycles. The predicted octanol–water partition coefficient (Wildman–Crippen LogP) is 1.29. The molecule has 0 bridgehead atoms. The van der Waals surface area contributed by atoms with E-state index in [1.165, 1.54) is 25.2 Å². The first-order chi connectivity index (χ1) is 10.9. The molecule has 2 rings (SSSR count). The van der Waals surface area contributed by atoms with Crippen LogP contribution in [0, 0.1) is 0 Å². The maximum absolute atomic E-state index is 12.2. The third-order valence-corrected chi connectivity index (χ3v) is 3.80. The number of nitrogens with one attached hydrogen (secondary N) is 1.